The molecule has 0 spiro atoms. The van der Waals surface area contributed by atoms with Gasteiger partial charge in [0.05, 0.1) is 10.4 Å². The Hall–Kier alpha value is -2.23. The van der Waals surface area contributed by atoms with Gasteiger partial charge in [-0.15, -0.1) is 0 Å². The lowest BCUT2D eigenvalue weighted by Gasteiger charge is -2.01. The Balaban J connectivity index is 2.47. The van der Waals surface area contributed by atoms with Crippen LogP contribution in [0.2, 0.25) is 0 Å². The number of pyridine rings is 1. The van der Waals surface area contributed by atoms with Gasteiger partial charge in [-0.3, -0.25) is 15.1 Å². The van der Waals surface area contributed by atoms with Crippen molar-refractivity contribution in [3.05, 3.63) is 57.4 Å². The summed E-state index contributed by atoms with van der Waals surface area (Å²) in [6, 6.07) is 9.58. The van der Waals surface area contributed by atoms with E-state index in [0.29, 0.717) is 6.42 Å². The maximum atomic E-state index is 10.8. The molecule has 4 nitrogen and oxygen atoms in total. The first-order valence-electron chi connectivity index (χ1n) is 5.82. The van der Waals surface area contributed by atoms with E-state index in [2.05, 4.69) is 4.98 Å². The van der Waals surface area contributed by atoms with Crippen molar-refractivity contribution in [3.8, 4) is 0 Å². The molecule has 0 unspecified atom stereocenters. The fourth-order valence-electron chi connectivity index (χ4n) is 1.81. The number of aromatic nitrogens is 1. The maximum Gasteiger partial charge on any atom is 0.246 e. The van der Waals surface area contributed by atoms with Gasteiger partial charge in [-0.25, -0.2) is 0 Å². The van der Waals surface area contributed by atoms with Crippen LogP contribution in [0.3, 0.4) is 0 Å². The molecule has 0 aliphatic carbocycles. The number of nitrogens with zero attached hydrogens (tertiary/aromatic N) is 2. The van der Waals surface area contributed by atoms with E-state index in [1.54, 1.807) is 13.0 Å². The van der Waals surface area contributed by atoms with E-state index in [-0.39, 0.29) is 10.6 Å². The lowest BCUT2D eigenvalue weighted by molar-refractivity contribution is -0.425. The summed E-state index contributed by atoms with van der Waals surface area (Å²) in [7, 11) is 0. The van der Waals surface area contributed by atoms with Crippen molar-refractivity contribution in [1.82, 2.24) is 4.98 Å². The normalized spacial score (nSPS) is 11.8. The van der Waals surface area contributed by atoms with E-state index in [9.17, 15) is 10.1 Å². The Kier molecular flexibility index (Phi) is 3.37. The smallest absolute Gasteiger partial charge is 0.246 e. The van der Waals surface area contributed by atoms with Crippen LogP contribution in [0.15, 0.2) is 36.0 Å². The Morgan fingerprint density at radius 3 is 2.83 bits per heavy atom. The predicted molar refractivity (Wildman–Crippen MR) is 71.7 cm³/mol. The summed E-state index contributed by atoms with van der Waals surface area (Å²) < 4.78 is 0. The molecule has 4 heteroatoms. The lowest BCUT2D eigenvalue weighted by Crippen LogP contribution is -1.96. The van der Waals surface area contributed by atoms with Gasteiger partial charge >= 0.3 is 0 Å². The summed E-state index contributed by atoms with van der Waals surface area (Å²) in [5.74, 6) is 0. The topological polar surface area (TPSA) is 56.0 Å². The highest BCUT2D eigenvalue weighted by atomic mass is 16.6. The number of fused-ring (bicyclic) bond motifs is 1. The third kappa shape index (κ3) is 2.53. The van der Waals surface area contributed by atoms with Gasteiger partial charge < -0.3 is 0 Å². The molecule has 0 fully saturated rings. The van der Waals surface area contributed by atoms with E-state index in [1.807, 2.05) is 37.3 Å². The van der Waals surface area contributed by atoms with Crippen LogP contribution in [0.25, 0.3) is 17.0 Å². The lowest BCUT2D eigenvalue weighted by atomic mass is 10.1. The van der Waals surface area contributed by atoms with Gasteiger partial charge in [0.1, 0.15) is 0 Å². The van der Waals surface area contributed by atoms with Gasteiger partial charge in [-0.05, 0) is 30.7 Å². The summed E-state index contributed by atoms with van der Waals surface area (Å²) in [5.41, 5.74) is 2.92. The highest BCUT2D eigenvalue weighted by Crippen LogP contribution is 2.17. The Morgan fingerprint density at radius 2 is 2.17 bits per heavy atom. The molecule has 0 saturated carbocycles. The summed E-state index contributed by atoms with van der Waals surface area (Å²) in [4.78, 5) is 14.8. The average Bonchev–Trinajstić information content (AvgIpc) is 2.35. The van der Waals surface area contributed by atoms with E-state index in [1.165, 1.54) is 0 Å². The monoisotopic (exact) mass is 242 g/mol. The molecule has 1 aromatic carbocycles. The van der Waals surface area contributed by atoms with Crippen molar-refractivity contribution >= 4 is 17.0 Å². The van der Waals surface area contributed by atoms with Crippen LogP contribution >= 0.6 is 0 Å². The number of hydrogen-bond donors (Lipinski definition) is 0. The highest BCUT2D eigenvalue weighted by Gasteiger charge is 2.07. The number of benzene rings is 1. The molecular formula is C14H14N2O2. The van der Waals surface area contributed by atoms with Crippen LogP contribution < -0.4 is 0 Å². The minimum atomic E-state index is -0.336. The van der Waals surface area contributed by atoms with E-state index < -0.39 is 0 Å². The molecule has 0 amide bonds. The fraction of sp³-hybridized carbons (Fsp3) is 0.214. The quantitative estimate of drug-likeness (QED) is 0.610. The first-order valence-corrected chi connectivity index (χ1v) is 5.82. The zero-order chi connectivity index (χ0) is 13.1. The van der Waals surface area contributed by atoms with Crippen molar-refractivity contribution in [2.45, 2.75) is 20.3 Å². The van der Waals surface area contributed by atoms with Crippen LogP contribution in [0, 0.1) is 17.0 Å². The second-order valence-corrected chi connectivity index (χ2v) is 4.15. The van der Waals surface area contributed by atoms with E-state index in [4.69, 9.17) is 0 Å². The molecular weight excluding hydrogens is 228 g/mol. The number of rotatable bonds is 3. The summed E-state index contributed by atoms with van der Waals surface area (Å²) in [6.07, 6.45) is 2.02. The third-order valence-corrected chi connectivity index (χ3v) is 2.78. The summed E-state index contributed by atoms with van der Waals surface area (Å²) >= 11 is 0. The molecule has 2 rings (SSSR count). The first kappa shape index (κ1) is 12.2. The zero-order valence-corrected chi connectivity index (χ0v) is 10.4. The van der Waals surface area contributed by atoms with Crippen molar-refractivity contribution in [2.24, 2.45) is 0 Å². The Bertz CT molecular complexity index is 633. The predicted octanol–water partition coefficient (Wildman–Crippen LogP) is 3.57. The van der Waals surface area contributed by atoms with Crippen LogP contribution in [0.1, 0.15) is 24.6 Å². The second-order valence-electron chi connectivity index (χ2n) is 4.15. The van der Waals surface area contributed by atoms with Crippen molar-refractivity contribution < 1.29 is 4.92 Å². The summed E-state index contributed by atoms with van der Waals surface area (Å²) in [5, 5.41) is 11.8. The maximum absolute atomic E-state index is 10.8. The molecule has 0 atom stereocenters. The fourth-order valence-corrected chi connectivity index (χ4v) is 1.81. The largest absolute Gasteiger partial charge is 0.259 e. The number of allylic oxidation sites excluding steroid dienone is 1. The van der Waals surface area contributed by atoms with E-state index in [0.717, 1.165) is 22.2 Å². The molecule has 92 valence electrons. The number of nitro groups is 1. The van der Waals surface area contributed by atoms with Crippen molar-refractivity contribution in [2.75, 3.05) is 0 Å². The number of aryl methyl sites for hydroxylation is 1. The first-order chi connectivity index (χ1) is 8.60. The SMILES string of the molecule is CC/C(=C/c1ccc2nc(C)ccc2c1)[N+](=O)[O-]. The van der Waals surface area contributed by atoms with Gasteiger partial charge in [-0.1, -0.05) is 19.1 Å². The molecule has 0 radical (unpaired) electrons. The number of hydrogen-bond acceptors (Lipinski definition) is 3. The van der Waals surface area contributed by atoms with Gasteiger partial charge in [0.2, 0.25) is 5.70 Å². The highest BCUT2D eigenvalue weighted by molar-refractivity contribution is 5.81. The molecule has 2 aromatic rings. The molecule has 18 heavy (non-hydrogen) atoms. The Labute approximate surface area is 105 Å². The van der Waals surface area contributed by atoms with Crippen LogP contribution in [-0.2, 0) is 0 Å². The van der Waals surface area contributed by atoms with Gasteiger partial charge in [0.25, 0.3) is 0 Å². The zero-order valence-electron chi connectivity index (χ0n) is 10.4. The molecule has 0 saturated heterocycles. The standard InChI is InChI=1S/C14H14N2O2/c1-3-13(16(17)18)9-11-5-7-14-12(8-11)6-4-10(2)15-14/h4-9H,3H2,1-2H3/b13-9-. The van der Waals surface area contributed by atoms with E-state index >= 15 is 0 Å². The minimum Gasteiger partial charge on any atom is -0.259 e. The minimum absolute atomic E-state index is 0.217. The molecule has 0 aliphatic rings. The second kappa shape index (κ2) is 4.96. The molecule has 0 N–H and O–H groups in total. The molecule has 1 heterocycles. The van der Waals surface area contributed by atoms with Gasteiger partial charge in [0.15, 0.2) is 0 Å². The average molecular weight is 242 g/mol. The van der Waals surface area contributed by atoms with Crippen LogP contribution in [0.5, 0.6) is 0 Å². The third-order valence-electron chi connectivity index (χ3n) is 2.78. The molecule has 1 aromatic heterocycles. The van der Waals surface area contributed by atoms with Crippen LogP contribution in [0.4, 0.5) is 0 Å². The Morgan fingerprint density at radius 1 is 1.39 bits per heavy atom. The van der Waals surface area contributed by atoms with Gasteiger partial charge in [-0.2, -0.15) is 0 Å². The van der Waals surface area contributed by atoms with Gasteiger partial charge in [0, 0.05) is 23.6 Å². The molecule has 0 aliphatic heterocycles. The van der Waals surface area contributed by atoms with Crippen molar-refractivity contribution in [3.63, 3.8) is 0 Å². The van der Waals surface area contributed by atoms with Crippen LogP contribution in [-0.4, -0.2) is 9.91 Å². The molecule has 0 bridgehead atoms. The summed E-state index contributed by atoms with van der Waals surface area (Å²) in [6.45, 7) is 3.72. The van der Waals surface area contributed by atoms with Crippen molar-refractivity contribution in [1.29, 1.82) is 0 Å².